The van der Waals surface area contributed by atoms with E-state index in [4.69, 9.17) is 9.84 Å². The Balaban J connectivity index is 1.97. The number of carbonyl (C=O) groups excluding carboxylic acids is 1. The van der Waals surface area contributed by atoms with E-state index in [0.29, 0.717) is 19.1 Å². The first-order valence-electron chi connectivity index (χ1n) is 6.91. The highest BCUT2D eigenvalue weighted by atomic mass is 19.1. The Bertz CT molecular complexity index is 577. The first-order chi connectivity index (χ1) is 10.1. The Morgan fingerprint density at radius 3 is 3.00 bits per heavy atom. The quantitative estimate of drug-likeness (QED) is 0.826. The summed E-state index contributed by atoms with van der Waals surface area (Å²) in [5, 5.41) is 11.4. The number of aliphatic hydroxyl groups excluding tert-OH is 1. The third-order valence-corrected chi connectivity index (χ3v) is 3.59. The zero-order chi connectivity index (χ0) is 15.2. The molecule has 0 bridgehead atoms. The highest BCUT2D eigenvalue weighted by molar-refractivity contribution is 5.94. The van der Waals surface area contributed by atoms with Crippen molar-refractivity contribution < 1.29 is 19.0 Å². The number of nitrogens with one attached hydrogen (secondary N) is 1. The molecule has 1 aliphatic rings. The van der Waals surface area contributed by atoms with Gasteiger partial charge in [0.15, 0.2) is 0 Å². The van der Waals surface area contributed by atoms with Gasteiger partial charge in [-0.2, -0.15) is 0 Å². The van der Waals surface area contributed by atoms with Gasteiger partial charge >= 0.3 is 0 Å². The van der Waals surface area contributed by atoms with Crippen molar-refractivity contribution in [3.63, 3.8) is 0 Å². The first kappa shape index (κ1) is 15.5. The number of rotatable bonds is 3. The zero-order valence-electron chi connectivity index (χ0n) is 11.9. The van der Waals surface area contributed by atoms with Gasteiger partial charge in [-0.1, -0.05) is 11.8 Å². The van der Waals surface area contributed by atoms with Crippen LogP contribution in [0.2, 0.25) is 0 Å². The van der Waals surface area contributed by atoms with Gasteiger partial charge in [0, 0.05) is 24.6 Å². The van der Waals surface area contributed by atoms with Gasteiger partial charge < -0.3 is 15.2 Å². The molecule has 21 heavy (non-hydrogen) atoms. The SMILES string of the molecule is CC1OCCC1CNC(=O)c1ccc(C#CCO)c(F)c1. The van der Waals surface area contributed by atoms with Crippen molar-refractivity contribution in [2.75, 3.05) is 19.8 Å². The number of benzene rings is 1. The van der Waals surface area contributed by atoms with Crippen LogP contribution in [0.3, 0.4) is 0 Å². The van der Waals surface area contributed by atoms with Gasteiger partial charge in [0.2, 0.25) is 0 Å². The molecule has 112 valence electrons. The van der Waals surface area contributed by atoms with Crippen LogP contribution in [0.25, 0.3) is 0 Å². The second-order valence-corrected chi connectivity index (χ2v) is 4.99. The van der Waals surface area contributed by atoms with Crippen LogP contribution in [0, 0.1) is 23.6 Å². The van der Waals surface area contributed by atoms with Crippen LogP contribution in [0.1, 0.15) is 29.3 Å². The molecular weight excluding hydrogens is 273 g/mol. The summed E-state index contributed by atoms with van der Waals surface area (Å²) in [6, 6.07) is 4.12. The minimum absolute atomic E-state index is 0.137. The molecule has 5 heteroatoms. The molecule has 4 nitrogen and oxygen atoms in total. The smallest absolute Gasteiger partial charge is 0.251 e. The largest absolute Gasteiger partial charge is 0.384 e. The predicted molar refractivity (Wildman–Crippen MR) is 76.2 cm³/mol. The second kappa shape index (κ2) is 7.21. The molecule has 2 N–H and O–H groups in total. The lowest BCUT2D eigenvalue weighted by atomic mass is 10.0. The first-order valence-corrected chi connectivity index (χ1v) is 6.91. The van der Waals surface area contributed by atoms with Crippen LogP contribution < -0.4 is 5.32 Å². The molecule has 2 atom stereocenters. The molecule has 1 amide bonds. The predicted octanol–water partition coefficient (Wildman–Crippen LogP) is 1.32. The number of hydrogen-bond donors (Lipinski definition) is 2. The van der Waals surface area contributed by atoms with Gasteiger partial charge in [0.25, 0.3) is 5.91 Å². The number of hydrogen-bond acceptors (Lipinski definition) is 3. The van der Waals surface area contributed by atoms with E-state index < -0.39 is 5.82 Å². The van der Waals surface area contributed by atoms with Crippen LogP contribution >= 0.6 is 0 Å². The monoisotopic (exact) mass is 291 g/mol. The van der Waals surface area contributed by atoms with Crippen molar-refractivity contribution in [3.05, 3.63) is 35.1 Å². The number of aliphatic hydroxyl groups is 1. The van der Waals surface area contributed by atoms with E-state index in [-0.39, 0.29) is 29.7 Å². The molecule has 1 saturated heterocycles. The van der Waals surface area contributed by atoms with E-state index in [2.05, 4.69) is 17.2 Å². The molecule has 0 spiro atoms. The Morgan fingerprint density at radius 2 is 2.38 bits per heavy atom. The van der Waals surface area contributed by atoms with Crippen molar-refractivity contribution in [3.8, 4) is 11.8 Å². The van der Waals surface area contributed by atoms with Crippen LogP contribution in [-0.4, -0.2) is 36.9 Å². The van der Waals surface area contributed by atoms with Crippen molar-refractivity contribution >= 4 is 5.91 Å². The molecule has 0 radical (unpaired) electrons. The molecule has 2 rings (SSSR count). The van der Waals surface area contributed by atoms with E-state index in [1.807, 2.05) is 6.92 Å². The maximum atomic E-state index is 13.8. The molecule has 1 aliphatic heterocycles. The molecule has 1 fully saturated rings. The molecule has 0 aliphatic carbocycles. The van der Waals surface area contributed by atoms with Gasteiger partial charge in [0.05, 0.1) is 11.7 Å². The molecule has 1 aromatic rings. The fraction of sp³-hybridized carbons (Fsp3) is 0.438. The minimum atomic E-state index is -0.568. The summed E-state index contributed by atoms with van der Waals surface area (Å²) < 4.78 is 19.2. The minimum Gasteiger partial charge on any atom is -0.384 e. The van der Waals surface area contributed by atoms with E-state index in [1.165, 1.54) is 12.1 Å². The Labute approximate surface area is 123 Å². The molecule has 0 saturated carbocycles. The zero-order valence-corrected chi connectivity index (χ0v) is 11.9. The topological polar surface area (TPSA) is 58.6 Å². The van der Waals surface area contributed by atoms with Crippen LogP contribution in [0.15, 0.2) is 18.2 Å². The Morgan fingerprint density at radius 1 is 1.57 bits per heavy atom. The number of halogens is 1. The number of carbonyl (C=O) groups is 1. The molecule has 1 heterocycles. The van der Waals surface area contributed by atoms with Crippen LogP contribution in [-0.2, 0) is 4.74 Å². The lowest BCUT2D eigenvalue weighted by Crippen LogP contribution is -2.32. The second-order valence-electron chi connectivity index (χ2n) is 4.99. The summed E-state index contributed by atoms with van der Waals surface area (Å²) in [5.41, 5.74) is 0.423. The molecule has 2 unspecified atom stereocenters. The van der Waals surface area contributed by atoms with Gasteiger partial charge in [0.1, 0.15) is 12.4 Å². The Kier molecular flexibility index (Phi) is 5.32. The fourth-order valence-corrected chi connectivity index (χ4v) is 2.26. The van der Waals surface area contributed by atoms with Gasteiger partial charge in [-0.05, 0) is 31.5 Å². The lowest BCUT2D eigenvalue weighted by Gasteiger charge is -2.14. The average molecular weight is 291 g/mol. The third kappa shape index (κ3) is 4.03. The summed E-state index contributed by atoms with van der Waals surface area (Å²) in [5.74, 6) is 4.28. The maximum Gasteiger partial charge on any atom is 0.251 e. The molecule has 0 aromatic heterocycles. The summed E-state index contributed by atoms with van der Waals surface area (Å²) >= 11 is 0. The van der Waals surface area contributed by atoms with Gasteiger partial charge in [-0.25, -0.2) is 4.39 Å². The third-order valence-electron chi connectivity index (χ3n) is 3.59. The average Bonchev–Trinajstić information content (AvgIpc) is 2.88. The summed E-state index contributed by atoms with van der Waals surface area (Å²) in [6.07, 6.45) is 1.06. The highest BCUT2D eigenvalue weighted by Gasteiger charge is 2.24. The van der Waals surface area contributed by atoms with Crippen molar-refractivity contribution in [2.45, 2.75) is 19.4 Å². The highest BCUT2D eigenvalue weighted by Crippen LogP contribution is 2.19. The summed E-state index contributed by atoms with van der Waals surface area (Å²) in [4.78, 5) is 12.0. The molecular formula is C16H18FNO3. The van der Waals surface area contributed by atoms with E-state index in [0.717, 1.165) is 12.5 Å². The van der Waals surface area contributed by atoms with E-state index in [9.17, 15) is 9.18 Å². The van der Waals surface area contributed by atoms with Crippen molar-refractivity contribution in [1.29, 1.82) is 0 Å². The standard InChI is InChI=1S/C16H18FNO3/c1-11-14(6-8-21-11)10-18-16(20)13-5-4-12(3-2-7-19)15(17)9-13/h4-5,9,11,14,19H,6-8,10H2,1H3,(H,18,20). The fourth-order valence-electron chi connectivity index (χ4n) is 2.26. The lowest BCUT2D eigenvalue weighted by molar-refractivity contribution is 0.0907. The summed E-state index contributed by atoms with van der Waals surface area (Å²) in [7, 11) is 0. The van der Waals surface area contributed by atoms with Crippen molar-refractivity contribution in [2.24, 2.45) is 5.92 Å². The number of amides is 1. The number of ether oxygens (including phenoxy) is 1. The Hall–Kier alpha value is -1.90. The normalized spacial score (nSPS) is 20.7. The van der Waals surface area contributed by atoms with Crippen LogP contribution in [0.4, 0.5) is 4.39 Å². The van der Waals surface area contributed by atoms with E-state index in [1.54, 1.807) is 0 Å². The maximum absolute atomic E-state index is 13.8. The van der Waals surface area contributed by atoms with Gasteiger partial charge in [-0.3, -0.25) is 4.79 Å². The van der Waals surface area contributed by atoms with E-state index >= 15 is 0 Å². The van der Waals surface area contributed by atoms with Crippen LogP contribution in [0.5, 0.6) is 0 Å². The molecule has 1 aromatic carbocycles. The van der Waals surface area contributed by atoms with Crippen molar-refractivity contribution in [1.82, 2.24) is 5.32 Å². The summed E-state index contributed by atoms with van der Waals surface area (Å²) in [6.45, 7) is 2.89. The van der Waals surface area contributed by atoms with Gasteiger partial charge in [-0.15, -0.1) is 0 Å².